The number of fused-ring (bicyclic) bond motifs is 9. The van der Waals surface area contributed by atoms with Crippen LogP contribution in [-0.4, -0.2) is 78.7 Å². The third kappa shape index (κ3) is 5.31. The van der Waals surface area contributed by atoms with Gasteiger partial charge in [-0.1, -0.05) is 39.2 Å². The zero-order valence-electron chi connectivity index (χ0n) is 29.5. The Balaban J connectivity index is 1.27. The van der Waals surface area contributed by atoms with Crippen LogP contribution < -0.4 is 9.46 Å². The van der Waals surface area contributed by atoms with E-state index in [4.69, 9.17) is 4.74 Å². The Morgan fingerprint density at radius 1 is 1.00 bits per heavy atom. The number of nitrogens with one attached hydrogen (secondary N) is 1. The summed E-state index contributed by atoms with van der Waals surface area (Å²) in [6.45, 7) is 11.0. The highest BCUT2D eigenvalue weighted by molar-refractivity contribution is 7.90. The molecule has 1 N–H and O–H groups in total. The van der Waals surface area contributed by atoms with Gasteiger partial charge in [0.2, 0.25) is 15.9 Å². The Labute approximate surface area is 290 Å². The summed E-state index contributed by atoms with van der Waals surface area (Å²) < 4.78 is 35.7. The Hall–Kier alpha value is -3.37. The van der Waals surface area contributed by atoms with E-state index in [1.807, 2.05) is 18.2 Å². The van der Waals surface area contributed by atoms with Crippen molar-refractivity contribution in [3.05, 3.63) is 53.1 Å². The number of amides is 2. The fourth-order valence-electron chi connectivity index (χ4n) is 9.70. The summed E-state index contributed by atoms with van der Waals surface area (Å²) in [4.78, 5) is 33.2. The molecular weight excluding hydrogens is 637 g/mol. The number of carbonyl (C=O) groups excluding carboxylic acids is 2. The van der Waals surface area contributed by atoms with Crippen LogP contribution in [0.1, 0.15) is 106 Å². The van der Waals surface area contributed by atoms with Crippen molar-refractivity contribution in [1.82, 2.24) is 19.1 Å². The van der Waals surface area contributed by atoms with Crippen molar-refractivity contribution >= 4 is 32.7 Å². The number of nitrogens with zero attached hydrogens (tertiary/aromatic N) is 3. The molecule has 0 spiro atoms. The summed E-state index contributed by atoms with van der Waals surface area (Å²) in [5.41, 5.74) is 5.40. The molecule has 262 valence electrons. The molecule has 49 heavy (non-hydrogen) atoms. The first-order valence-electron chi connectivity index (χ1n) is 18.4. The molecule has 4 heterocycles. The zero-order valence-corrected chi connectivity index (χ0v) is 30.3. The van der Waals surface area contributed by atoms with Crippen molar-refractivity contribution < 1.29 is 22.7 Å². The van der Waals surface area contributed by atoms with Gasteiger partial charge in [-0.25, -0.2) is 13.1 Å². The minimum atomic E-state index is -3.80. The third-order valence-corrected chi connectivity index (χ3v) is 14.0. The molecule has 2 amide bonds. The molecule has 3 aliphatic heterocycles. The monoisotopic (exact) mass is 686 g/mol. The second-order valence-corrected chi connectivity index (χ2v) is 18.4. The second-order valence-electron chi connectivity index (χ2n) is 16.2. The molecule has 8 rings (SSSR count). The predicted molar refractivity (Wildman–Crippen MR) is 191 cm³/mol. The summed E-state index contributed by atoms with van der Waals surface area (Å²) in [5, 5.41) is 0.366. The number of rotatable bonds is 8. The van der Waals surface area contributed by atoms with Crippen molar-refractivity contribution in [2.45, 2.75) is 108 Å². The normalized spacial score (nSPS) is 26.5. The minimum absolute atomic E-state index is 0.0767. The van der Waals surface area contributed by atoms with E-state index < -0.39 is 26.6 Å². The quantitative estimate of drug-likeness (QED) is 0.300. The molecule has 9 nitrogen and oxygen atoms in total. The average molecular weight is 687 g/mol. The van der Waals surface area contributed by atoms with Crippen LogP contribution >= 0.6 is 0 Å². The maximum Gasteiger partial charge on any atom is 0.264 e. The fraction of sp³-hybridized carbons (Fsp3) is 0.590. The Bertz CT molecular complexity index is 1940. The van der Waals surface area contributed by atoms with Crippen LogP contribution in [0.3, 0.4) is 0 Å². The summed E-state index contributed by atoms with van der Waals surface area (Å²) in [7, 11) is -2.10. The molecule has 3 aromatic rings. The molecule has 10 heteroatoms. The predicted octanol–water partition coefficient (Wildman–Crippen LogP) is 6.26. The van der Waals surface area contributed by atoms with Gasteiger partial charge in [-0.2, -0.15) is 0 Å². The van der Waals surface area contributed by atoms with Crippen LogP contribution in [0.5, 0.6) is 5.75 Å². The van der Waals surface area contributed by atoms with E-state index in [-0.39, 0.29) is 17.9 Å². The molecule has 0 radical (unpaired) electrons. The highest BCUT2D eigenvalue weighted by Gasteiger charge is 2.65. The van der Waals surface area contributed by atoms with Gasteiger partial charge in [-0.3, -0.25) is 14.5 Å². The molecule has 2 saturated carbocycles. The Morgan fingerprint density at radius 3 is 2.45 bits per heavy atom. The summed E-state index contributed by atoms with van der Waals surface area (Å²) >= 11 is 0. The third-order valence-electron chi connectivity index (χ3n) is 12.3. The van der Waals surface area contributed by atoms with E-state index in [1.165, 1.54) is 30.4 Å². The number of hydrogen-bond acceptors (Lipinski definition) is 6. The first kappa shape index (κ1) is 32.8. The number of hydrogen-bond donors (Lipinski definition) is 1. The van der Waals surface area contributed by atoms with Crippen molar-refractivity contribution in [1.29, 1.82) is 0 Å². The maximum atomic E-state index is 15.0. The van der Waals surface area contributed by atoms with Crippen molar-refractivity contribution in [2.24, 2.45) is 11.3 Å². The van der Waals surface area contributed by atoms with E-state index in [1.54, 1.807) is 27.0 Å². The minimum Gasteiger partial charge on any atom is -0.497 e. The maximum absolute atomic E-state index is 15.0. The summed E-state index contributed by atoms with van der Waals surface area (Å²) in [5.74, 6) is 1.47. The summed E-state index contributed by atoms with van der Waals surface area (Å²) in [6, 6.07) is 12.7. The van der Waals surface area contributed by atoms with Crippen LogP contribution in [0.2, 0.25) is 0 Å². The van der Waals surface area contributed by atoms with Crippen LogP contribution in [0.25, 0.3) is 22.2 Å². The highest BCUT2D eigenvalue weighted by Crippen LogP contribution is 2.66. The van der Waals surface area contributed by atoms with E-state index in [9.17, 15) is 18.0 Å². The number of sulfonamides is 1. The summed E-state index contributed by atoms with van der Waals surface area (Å²) in [6.07, 6.45) is 7.62. The number of benzene rings is 2. The molecule has 2 aliphatic carbocycles. The second kappa shape index (κ2) is 11.9. The van der Waals surface area contributed by atoms with Gasteiger partial charge < -0.3 is 14.2 Å². The lowest BCUT2D eigenvalue weighted by atomic mass is 9.81. The van der Waals surface area contributed by atoms with Gasteiger partial charge in [0.1, 0.15) is 5.75 Å². The smallest absolute Gasteiger partial charge is 0.264 e. The largest absolute Gasteiger partial charge is 0.497 e. The van der Waals surface area contributed by atoms with Crippen LogP contribution in [-0.2, 0) is 21.4 Å². The zero-order chi connectivity index (χ0) is 34.4. The van der Waals surface area contributed by atoms with Gasteiger partial charge in [-0.05, 0) is 92.8 Å². The number of methoxy groups -OCH3 is 1. The molecule has 4 fully saturated rings. The fourth-order valence-corrected chi connectivity index (χ4v) is 10.3. The number of ether oxygens (including phenoxy) is 1. The first-order valence-corrected chi connectivity index (χ1v) is 19.9. The van der Waals surface area contributed by atoms with Crippen molar-refractivity contribution in [3.63, 3.8) is 0 Å². The number of likely N-dealkylation sites (tertiary alicyclic amines) is 2. The van der Waals surface area contributed by atoms with Gasteiger partial charge in [0, 0.05) is 66.2 Å². The van der Waals surface area contributed by atoms with Crippen LogP contribution in [0, 0.1) is 11.3 Å². The van der Waals surface area contributed by atoms with Gasteiger partial charge >= 0.3 is 0 Å². The van der Waals surface area contributed by atoms with Crippen LogP contribution in [0.4, 0.5) is 0 Å². The molecule has 1 aromatic heterocycles. The molecular formula is C39H50N4O5S. The van der Waals surface area contributed by atoms with E-state index >= 15 is 0 Å². The molecule has 4 atom stereocenters. The molecule has 0 unspecified atom stereocenters. The number of aromatic nitrogens is 1. The highest BCUT2D eigenvalue weighted by atomic mass is 32.2. The molecule has 2 saturated heterocycles. The van der Waals surface area contributed by atoms with Crippen LogP contribution in [0.15, 0.2) is 36.4 Å². The standard InChI is InChI=1S/C39H50N4O5S/c1-23(2)19-41-20-28-16-27(41)21-42(28)38(45)39-18-33(39)32-17-29(48-5)12-14-30(32)36-35(25-9-7-6-8-10-25)31-13-11-26(15-34(31)43(36)22-39)37(44)40-49(46,47)24(3)4/h11-15,17,23-25,27-28,33H,6-10,16,18-22H2,1-5H3,(H,40,44)/t27-,28-,33-,39-/m1/s1. The SMILES string of the molecule is COc1ccc2c(c1)[C@H]1C[C@@]1(C(=O)N1C[C@H]3C[C@@H]1CN3CC(C)C)Cn1c-2c(C2CCCCC2)c2ccc(C(=O)NS(=O)(=O)C(C)C)cc21. The Kier molecular flexibility index (Phi) is 7.94. The Morgan fingerprint density at radius 2 is 1.78 bits per heavy atom. The topological polar surface area (TPSA) is 101 Å². The van der Waals surface area contributed by atoms with Gasteiger partial charge in [0.05, 0.1) is 23.5 Å². The van der Waals surface area contributed by atoms with Gasteiger partial charge in [-0.15, -0.1) is 0 Å². The lowest BCUT2D eigenvalue weighted by molar-refractivity contribution is -0.140. The lowest BCUT2D eigenvalue weighted by Gasteiger charge is -2.37. The van der Waals surface area contributed by atoms with E-state index in [0.717, 1.165) is 73.2 Å². The molecule has 2 bridgehead atoms. The lowest BCUT2D eigenvalue weighted by Crippen LogP contribution is -2.52. The first-order chi connectivity index (χ1) is 23.4. The van der Waals surface area contributed by atoms with Crippen molar-refractivity contribution in [2.75, 3.05) is 26.7 Å². The van der Waals surface area contributed by atoms with E-state index in [0.29, 0.717) is 30.0 Å². The molecule has 2 aromatic carbocycles. The van der Waals surface area contributed by atoms with Crippen molar-refractivity contribution in [3.8, 4) is 17.0 Å². The number of carbonyl (C=O) groups is 2. The number of piperazine rings is 1. The molecule has 5 aliphatic rings. The van der Waals surface area contributed by atoms with Gasteiger partial charge in [0.25, 0.3) is 5.91 Å². The van der Waals surface area contributed by atoms with E-state index in [2.05, 4.69) is 45.1 Å². The van der Waals surface area contributed by atoms with Gasteiger partial charge in [0.15, 0.2) is 0 Å². The average Bonchev–Trinajstić information content (AvgIpc) is 3.31.